The van der Waals surface area contributed by atoms with Crippen molar-refractivity contribution in [3.05, 3.63) is 35.6 Å². The van der Waals surface area contributed by atoms with Crippen LogP contribution in [0, 0.1) is 23.6 Å². The van der Waals surface area contributed by atoms with Crippen molar-refractivity contribution in [2.75, 3.05) is 27.7 Å². The fourth-order valence-electron chi connectivity index (χ4n) is 9.64. The number of nitrogens with zero attached hydrogens (tertiary/aromatic N) is 2. The van der Waals surface area contributed by atoms with Crippen molar-refractivity contribution in [3.63, 3.8) is 0 Å². The number of methoxy groups -OCH3 is 1. The Hall–Kier alpha value is -1.86. The molecule has 1 aromatic carbocycles. The second kappa shape index (κ2) is 20.1. The first-order valence-electron chi connectivity index (χ1n) is 21.4. The van der Waals surface area contributed by atoms with Crippen LogP contribution >= 0.6 is 0 Å². The molecule has 3 heterocycles. The Morgan fingerprint density at radius 2 is 1.56 bits per heavy atom. The van der Waals surface area contributed by atoms with Gasteiger partial charge in [0.2, 0.25) is 0 Å². The summed E-state index contributed by atoms with van der Waals surface area (Å²) in [4.78, 5) is 18.3. The minimum Gasteiger partial charge on any atom is -0.459 e. The van der Waals surface area contributed by atoms with Gasteiger partial charge in [-0.1, -0.05) is 32.9 Å². The summed E-state index contributed by atoms with van der Waals surface area (Å²) in [6, 6.07) is 5.04. The smallest absolute Gasteiger partial charge is 0.311 e. The van der Waals surface area contributed by atoms with Crippen LogP contribution in [0.1, 0.15) is 100 Å². The molecule has 0 amide bonds. The molecule has 3 saturated heterocycles. The van der Waals surface area contributed by atoms with E-state index in [2.05, 4.69) is 0 Å². The van der Waals surface area contributed by atoms with E-state index in [4.69, 9.17) is 28.4 Å². The van der Waals surface area contributed by atoms with Crippen LogP contribution in [0.15, 0.2) is 24.3 Å². The third-order valence-electron chi connectivity index (χ3n) is 13.3. The van der Waals surface area contributed by atoms with Crippen molar-refractivity contribution in [3.8, 4) is 0 Å². The number of esters is 1. The van der Waals surface area contributed by atoms with Gasteiger partial charge in [0.25, 0.3) is 0 Å². The molecule has 15 heteroatoms. The number of carbonyl (C=O) groups is 1. The Kier molecular flexibility index (Phi) is 17.0. The zero-order valence-electron chi connectivity index (χ0n) is 37.6. The lowest BCUT2D eigenvalue weighted by Crippen LogP contribution is -2.60. The molecule has 0 bridgehead atoms. The van der Waals surface area contributed by atoms with Crippen LogP contribution in [-0.4, -0.2) is 159 Å². The minimum absolute atomic E-state index is 0.103. The Morgan fingerprint density at radius 1 is 0.932 bits per heavy atom. The summed E-state index contributed by atoms with van der Waals surface area (Å²) in [6.45, 7) is 18.0. The van der Waals surface area contributed by atoms with Crippen LogP contribution in [0.25, 0.3) is 0 Å². The maximum absolute atomic E-state index is 14.4. The monoisotopic (exact) mass is 843 g/mol. The van der Waals surface area contributed by atoms with Crippen molar-refractivity contribution >= 4 is 5.97 Å². The standard InChI is InChI=1S/C44H75FN2O12/c1-14-33-44(10,53)37(49)28(6)47(23-30-15-17-31(45)18-16-30)22-24(2)20-42(8,52)39(59-41-35(48)32(46(11)12)19-25(3)55-41)26(4)36(27(5)40(51)57-33)58-34-21-43(9,54-13)38(50)29(7)56-34/h15-18,24-29,32-39,41,48-50,52-53H,14,19-23H2,1-13H3/t24-,25-,26+,27-,28-,29+,32+,33-,34+,35-,36+,37-,38+,39-,41+,42-,43-,44-/m1/s1. The number of hydrogen-bond acceptors (Lipinski definition) is 14. The molecule has 18 atom stereocenters. The number of rotatable bonds is 9. The molecule has 1 aromatic rings. The average Bonchev–Trinajstić information content (AvgIpc) is 3.16. The van der Waals surface area contributed by atoms with E-state index >= 15 is 0 Å². The molecule has 59 heavy (non-hydrogen) atoms. The largest absolute Gasteiger partial charge is 0.459 e. The third kappa shape index (κ3) is 11.6. The number of carbonyl (C=O) groups excluding carboxylic acids is 1. The number of likely N-dealkylation sites (N-methyl/N-ethyl adjacent to an activating group) is 1. The summed E-state index contributed by atoms with van der Waals surface area (Å²) >= 11 is 0. The zero-order chi connectivity index (χ0) is 44.4. The molecule has 340 valence electrons. The first-order chi connectivity index (χ1) is 27.4. The molecule has 0 radical (unpaired) electrons. The Labute approximate surface area is 351 Å². The number of hydrogen-bond donors (Lipinski definition) is 5. The fourth-order valence-corrected chi connectivity index (χ4v) is 9.64. The first-order valence-corrected chi connectivity index (χ1v) is 21.4. The number of aliphatic hydroxyl groups excluding tert-OH is 3. The molecule has 3 aliphatic rings. The summed E-state index contributed by atoms with van der Waals surface area (Å²) in [5, 5.41) is 59.4. The summed E-state index contributed by atoms with van der Waals surface area (Å²) in [6.07, 6.45) is -8.99. The van der Waals surface area contributed by atoms with Gasteiger partial charge in [0.1, 0.15) is 35.8 Å². The van der Waals surface area contributed by atoms with Crippen LogP contribution in [0.3, 0.4) is 0 Å². The molecule has 0 spiro atoms. The van der Waals surface area contributed by atoms with Crippen LogP contribution in [0.5, 0.6) is 0 Å². The molecule has 0 saturated carbocycles. The molecule has 0 aromatic heterocycles. The van der Waals surface area contributed by atoms with Crippen molar-refractivity contribution in [2.45, 2.75) is 192 Å². The lowest BCUT2D eigenvalue weighted by atomic mass is 9.77. The molecule has 3 aliphatic heterocycles. The van der Waals surface area contributed by atoms with Crippen LogP contribution in [0.2, 0.25) is 0 Å². The van der Waals surface area contributed by atoms with Gasteiger partial charge in [0.05, 0.1) is 41.5 Å². The summed E-state index contributed by atoms with van der Waals surface area (Å²) in [7, 11) is 5.24. The molecule has 5 N–H and O–H groups in total. The second-order valence-electron chi connectivity index (χ2n) is 18.8. The average molecular weight is 843 g/mol. The van der Waals surface area contributed by atoms with E-state index in [1.807, 2.05) is 37.7 Å². The third-order valence-corrected chi connectivity index (χ3v) is 13.3. The van der Waals surface area contributed by atoms with Gasteiger partial charge in [0, 0.05) is 44.6 Å². The maximum Gasteiger partial charge on any atom is 0.311 e. The van der Waals surface area contributed by atoms with Crippen molar-refractivity contribution in [2.24, 2.45) is 17.8 Å². The number of ether oxygens (including phenoxy) is 6. The normalized spacial score (nSPS) is 45.1. The van der Waals surface area contributed by atoms with Crippen LogP contribution < -0.4 is 0 Å². The Balaban J connectivity index is 1.85. The zero-order valence-corrected chi connectivity index (χ0v) is 37.6. The summed E-state index contributed by atoms with van der Waals surface area (Å²) in [5.41, 5.74) is -3.85. The highest BCUT2D eigenvalue weighted by molar-refractivity contribution is 5.73. The van der Waals surface area contributed by atoms with E-state index in [9.17, 15) is 34.7 Å². The molecular weight excluding hydrogens is 767 g/mol. The van der Waals surface area contributed by atoms with Gasteiger partial charge < -0.3 is 58.9 Å². The van der Waals surface area contributed by atoms with Crippen molar-refractivity contribution < 1.29 is 63.1 Å². The van der Waals surface area contributed by atoms with Gasteiger partial charge in [-0.2, -0.15) is 0 Å². The molecular formula is C44H75FN2O12. The summed E-state index contributed by atoms with van der Waals surface area (Å²) in [5.74, 6) is -3.26. The number of cyclic esters (lactones) is 1. The maximum atomic E-state index is 14.4. The van der Waals surface area contributed by atoms with E-state index in [0.29, 0.717) is 13.0 Å². The van der Waals surface area contributed by atoms with Crippen molar-refractivity contribution in [1.82, 2.24) is 9.80 Å². The van der Waals surface area contributed by atoms with Gasteiger partial charge in [-0.05, 0) is 105 Å². The highest BCUT2D eigenvalue weighted by Gasteiger charge is 2.53. The van der Waals surface area contributed by atoms with E-state index in [1.54, 1.807) is 60.6 Å². The molecule has 0 aliphatic carbocycles. The van der Waals surface area contributed by atoms with Gasteiger partial charge in [0.15, 0.2) is 12.6 Å². The predicted molar refractivity (Wildman–Crippen MR) is 218 cm³/mol. The molecule has 4 rings (SSSR count). The highest BCUT2D eigenvalue weighted by Crippen LogP contribution is 2.40. The van der Waals surface area contributed by atoms with E-state index < -0.39 is 96.0 Å². The van der Waals surface area contributed by atoms with Crippen LogP contribution in [-0.2, 0) is 39.8 Å². The number of benzene rings is 1. The predicted octanol–water partition coefficient (Wildman–Crippen LogP) is 3.61. The minimum atomic E-state index is -1.92. The van der Waals surface area contributed by atoms with E-state index in [-0.39, 0.29) is 49.7 Å². The van der Waals surface area contributed by atoms with E-state index in [0.717, 1.165) is 5.56 Å². The van der Waals surface area contributed by atoms with Crippen molar-refractivity contribution in [1.29, 1.82) is 0 Å². The fraction of sp³-hybridized carbons (Fsp3) is 0.841. The summed E-state index contributed by atoms with van der Waals surface area (Å²) < 4.78 is 51.8. The Bertz CT molecular complexity index is 1490. The topological polar surface area (TPSA) is 180 Å². The van der Waals surface area contributed by atoms with E-state index in [1.165, 1.54) is 26.2 Å². The number of aliphatic hydroxyl groups is 5. The van der Waals surface area contributed by atoms with Gasteiger partial charge >= 0.3 is 5.97 Å². The second-order valence-corrected chi connectivity index (χ2v) is 18.8. The quantitative estimate of drug-likeness (QED) is 0.228. The van der Waals surface area contributed by atoms with Gasteiger partial charge in [-0.25, -0.2) is 4.39 Å². The molecule has 3 fully saturated rings. The van der Waals surface area contributed by atoms with Gasteiger partial charge in [-0.3, -0.25) is 9.69 Å². The van der Waals surface area contributed by atoms with Crippen LogP contribution in [0.4, 0.5) is 4.39 Å². The SMILES string of the molecule is CC[C@H]1OC(=O)[C@H](C)[C@@H](O[C@H]2C[C@@](C)(OC)[C@@H](O)[C@H](C)O2)[C@H](C)[C@@H](O[C@@H]2O[C@H](C)C[C@H](N(C)C)[C@H]2O)[C@](C)(O)C[C@@H](C)CN(Cc2ccc(F)cc2)[C@H](C)[C@@H](O)[C@]1(C)O. The number of halogens is 1. The van der Waals surface area contributed by atoms with Gasteiger partial charge in [-0.15, -0.1) is 0 Å². The molecule has 0 unspecified atom stereocenters. The highest BCUT2D eigenvalue weighted by atomic mass is 19.1. The Morgan fingerprint density at radius 3 is 2.14 bits per heavy atom. The molecule has 14 nitrogen and oxygen atoms in total. The first kappa shape index (κ1) is 49.8. The lowest BCUT2D eigenvalue weighted by Gasteiger charge is -2.48. The lowest BCUT2D eigenvalue weighted by molar-refractivity contribution is -0.318.